The lowest BCUT2D eigenvalue weighted by Gasteiger charge is -2.06. The highest BCUT2D eigenvalue weighted by Gasteiger charge is 2.19. The summed E-state index contributed by atoms with van der Waals surface area (Å²) < 4.78 is 0. The van der Waals surface area contributed by atoms with Crippen LogP contribution in [0.15, 0.2) is 0 Å². The predicted molar refractivity (Wildman–Crippen MR) is 72.6 cm³/mol. The van der Waals surface area contributed by atoms with E-state index < -0.39 is 12.0 Å². The number of nitrogens with zero attached hydrogens (tertiary/aromatic N) is 1. The minimum Gasteiger partial charge on any atom is -0.478 e. The fourth-order valence-electron chi connectivity index (χ4n) is 1.49. The van der Waals surface area contributed by atoms with Gasteiger partial charge in [-0.2, -0.15) is 5.26 Å². The Morgan fingerprint density at radius 3 is 2.68 bits per heavy atom. The summed E-state index contributed by atoms with van der Waals surface area (Å²) in [6.45, 7) is 3.90. The molecule has 0 aromatic carbocycles. The lowest BCUT2D eigenvalue weighted by atomic mass is 10.1. The van der Waals surface area contributed by atoms with Gasteiger partial charge >= 0.3 is 12.0 Å². The molecular formula is C12H15N3O3S. The second-order valence-electron chi connectivity index (χ2n) is 3.94. The Labute approximate surface area is 115 Å². The van der Waals surface area contributed by atoms with Crippen LogP contribution in [0.5, 0.6) is 0 Å². The number of anilines is 1. The molecule has 0 aliphatic heterocycles. The first kappa shape index (κ1) is 15.0. The first-order chi connectivity index (χ1) is 8.97. The Bertz CT molecular complexity index is 531. The average Bonchev–Trinajstić information content (AvgIpc) is 2.60. The maximum Gasteiger partial charge on any atom is 0.338 e. The zero-order valence-corrected chi connectivity index (χ0v) is 11.6. The third-order valence-electron chi connectivity index (χ3n) is 2.58. The Balaban J connectivity index is 2.67. The zero-order valence-electron chi connectivity index (χ0n) is 10.7. The molecule has 0 fully saturated rings. The van der Waals surface area contributed by atoms with Crippen LogP contribution in [0.3, 0.4) is 0 Å². The van der Waals surface area contributed by atoms with Gasteiger partial charge in [-0.1, -0.05) is 0 Å². The summed E-state index contributed by atoms with van der Waals surface area (Å²) in [6.07, 6.45) is 0.941. The highest BCUT2D eigenvalue weighted by atomic mass is 32.1. The molecule has 0 saturated heterocycles. The number of aromatic carboxylic acids is 1. The first-order valence-corrected chi connectivity index (χ1v) is 6.54. The Kier molecular flexibility index (Phi) is 5.33. The molecule has 19 heavy (non-hydrogen) atoms. The number of carboxylic acid groups (broad SMARTS) is 1. The van der Waals surface area contributed by atoms with E-state index in [9.17, 15) is 9.59 Å². The first-order valence-electron chi connectivity index (χ1n) is 5.72. The molecule has 1 heterocycles. The minimum atomic E-state index is -1.05. The van der Waals surface area contributed by atoms with Gasteiger partial charge in [-0.15, -0.1) is 11.3 Å². The second kappa shape index (κ2) is 6.75. The van der Waals surface area contributed by atoms with Crippen LogP contribution in [0, 0.1) is 25.2 Å². The fraction of sp³-hybridized carbons (Fsp3) is 0.417. The lowest BCUT2D eigenvalue weighted by Crippen LogP contribution is -2.29. The van der Waals surface area contributed by atoms with Gasteiger partial charge in [0.2, 0.25) is 0 Å². The number of hydrogen-bond acceptors (Lipinski definition) is 4. The highest BCUT2D eigenvalue weighted by Crippen LogP contribution is 2.32. The number of carbonyl (C=O) groups is 2. The van der Waals surface area contributed by atoms with Crippen molar-refractivity contribution in [3.8, 4) is 6.07 Å². The number of nitrogens with one attached hydrogen (secondary N) is 2. The van der Waals surface area contributed by atoms with Crippen LogP contribution >= 0.6 is 11.3 Å². The van der Waals surface area contributed by atoms with Crippen molar-refractivity contribution in [2.45, 2.75) is 26.7 Å². The standard InChI is InChI=1S/C12H15N3O3S/c1-7-8(2)19-10(9(7)11(16)17)15-12(18)14-6-4-3-5-13/h3-4,6H2,1-2H3,(H,16,17)(H2,14,15,18). The summed E-state index contributed by atoms with van der Waals surface area (Å²) in [5.74, 6) is -1.05. The summed E-state index contributed by atoms with van der Waals surface area (Å²) in [5, 5.41) is 22.9. The number of urea groups is 1. The number of carbonyl (C=O) groups excluding carboxylic acids is 1. The summed E-state index contributed by atoms with van der Waals surface area (Å²) in [5.41, 5.74) is 0.798. The topological polar surface area (TPSA) is 102 Å². The van der Waals surface area contributed by atoms with Crippen LogP contribution in [0.2, 0.25) is 0 Å². The van der Waals surface area contributed by atoms with Crippen molar-refractivity contribution in [1.29, 1.82) is 5.26 Å². The molecule has 3 N–H and O–H groups in total. The number of rotatable bonds is 5. The van der Waals surface area contributed by atoms with Gasteiger partial charge in [0.25, 0.3) is 0 Å². The summed E-state index contributed by atoms with van der Waals surface area (Å²) in [6, 6.07) is 1.52. The number of unbranched alkanes of at least 4 members (excludes halogenated alkanes) is 1. The van der Waals surface area contributed by atoms with Crippen LogP contribution in [-0.2, 0) is 0 Å². The smallest absolute Gasteiger partial charge is 0.338 e. The van der Waals surface area contributed by atoms with Crippen LogP contribution in [0.25, 0.3) is 0 Å². The Morgan fingerprint density at radius 2 is 2.11 bits per heavy atom. The molecule has 1 aromatic rings. The van der Waals surface area contributed by atoms with Gasteiger partial charge in [0.1, 0.15) is 5.00 Å². The maximum absolute atomic E-state index is 11.6. The zero-order chi connectivity index (χ0) is 14.4. The molecule has 1 aromatic heterocycles. The third-order valence-corrected chi connectivity index (χ3v) is 3.70. The molecule has 0 atom stereocenters. The van der Waals surface area contributed by atoms with Crippen LogP contribution < -0.4 is 10.6 Å². The van der Waals surface area contributed by atoms with Crippen molar-refractivity contribution < 1.29 is 14.7 Å². The molecule has 0 spiro atoms. The van der Waals surface area contributed by atoms with Gasteiger partial charge < -0.3 is 10.4 Å². The average molecular weight is 281 g/mol. The molecule has 0 radical (unpaired) electrons. The number of amides is 2. The van der Waals surface area contributed by atoms with Crippen molar-refractivity contribution in [2.75, 3.05) is 11.9 Å². The third kappa shape index (κ3) is 3.96. The quantitative estimate of drug-likeness (QED) is 0.721. The van der Waals surface area contributed by atoms with Gasteiger partial charge in [-0.05, 0) is 25.8 Å². The lowest BCUT2D eigenvalue weighted by molar-refractivity contribution is 0.0697. The van der Waals surface area contributed by atoms with E-state index in [1.165, 1.54) is 11.3 Å². The number of aryl methyl sites for hydroxylation is 1. The van der Waals surface area contributed by atoms with Crippen LogP contribution in [0.4, 0.5) is 9.80 Å². The number of thiophene rings is 1. The van der Waals surface area contributed by atoms with Gasteiger partial charge in [0.05, 0.1) is 11.6 Å². The van der Waals surface area contributed by atoms with E-state index in [0.29, 0.717) is 30.0 Å². The molecule has 2 amide bonds. The predicted octanol–water partition coefficient (Wildman–Crippen LogP) is 2.49. The van der Waals surface area contributed by atoms with E-state index in [-0.39, 0.29) is 5.56 Å². The molecule has 1 rings (SSSR count). The monoisotopic (exact) mass is 281 g/mol. The summed E-state index contributed by atoms with van der Waals surface area (Å²) in [7, 11) is 0. The van der Waals surface area contributed by atoms with Gasteiger partial charge in [-0.25, -0.2) is 9.59 Å². The van der Waals surface area contributed by atoms with Crippen LogP contribution in [0.1, 0.15) is 33.6 Å². The molecule has 102 valence electrons. The van der Waals surface area contributed by atoms with E-state index in [1.807, 2.05) is 13.0 Å². The van der Waals surface area contributed by atoms with E-state index >= 15 is 0 Å². The maximum atomic E-state index is 11.6. The molecule has 0 aliphatic carbocycles. The molecule has 6 nitrogen and oxygen atoms in total. The Morgan fingerprint density at radius 1 is 1.42 bits per heavy atom. The van der Waals surface area contributed by atoms with E-state index in [1.54, 1.807) is 6.92 Å². The molecular weight excluding hydrogens is 266 g/mol. The highest BCUT2D eigenvalue weighted by molar-refractivity contribution is 7.16. The van der Waals surface area contributed by atoms with Crippen molar-refractivity contribution in [2.24, 2.45) is 0 Å². The van der Waals surface area contributed by atoms with Gasteiger partial charge in [0, 0.05) is 17.8 Å². The van der Waals surface area contributed by atoms with Crippen molar-refractivity contribution in [3.05, 3.63) is 16.0 Å². The van der Waals surface area contributed by atoms with Gasteiger partial charge in [-0.3, -0.25) is 5.32 Å². The largest absolute Gasteiger partial charge is 0.478 e. The van der Waals surface area contributed by atoms with E-state index in [4.69, 9.17) is 10.4 Å². The molecule has 0 aliphatic rings. The second-order valence-corrected chi connectivity index (χ2v) is 5.16. The molecule has 0 saturated carbocycles. The van der Waals surface area contributed by atoms with Crippen molar-refractivity contribution >= 4 is 28.3 Å². The number of nitriles is 1. The Hall–Kier alpha value is -2.07. The van der Waals surface area contributed by atoms with Crippen LogP contribution in [-0.4, -0.2) is 23.7 Å². The summed E-state index contributed by atoms with van der Waals surface area (Å²) >= 11 is 1.24. The number of hydrogen-bond donors (Lipinski definition) is 3. The SMILES string of the molecule is Cc1sc(NC(=O)NCCCC#N)c(C(=O)O)c1C. The normalized spacial score (nSPS) is 9.74. The summed E-state index contributed by atoms with van der Waals surface area (Å²) in [4.78, 5) is 23.6. The van der Waals surface area contributed by atoms with E-state index in [2.05, 4.69) is 10.6 Å². The molecule has 0 unspecified atom stereocenters. The van der Waals surface area contributed by atoms with Crippen molar-refractivity contribution in [3.63, 3.8) is 0 Å². The van der Waals surface area contributed by atoms with Crippen molar-refractivity contribution in [1.82, 2.24) is 5.32 Å². The molecule has 0 bridgehead atoms. The fourth-order valence-corrected chi connectivity index (χ4v) is 2.54. The van der Waals surface area contributed by atoms with E-state index in [0.717, 1.165) is 4.88 Å². The minimum absolute atomic E-state index is 0.134. The molecule has 7 heteroatoms. The van der Waals surface area contributed by atoms with Gasteiger partial charge in [0.15, 0.2) is 0 Å². The number of carboxylic acids is 1.